The summed E-state index contributed by atoms with van der Waals surface area (Å²) in [5.74, 6) is 1.17. The van der Waals surface area contributed by atoms with Gasteiger partial charge in [-0.25, -0.2) is 4.39 Å². The summed E-state index contributed by atoms with van der Waals surface area (Å²) in [6, 6.07) is 0. The van der Waals surface area contributed by atoms with Crippen molar-refractivity contribution >= 4 is 0 Å². The van der Waals surface area contributed by atoms with Gasteiger partial charge in [-0.05, 0) is 37.6 Å². The van der Waals surface area contributed by atoms with E-state index in [0.29, 0.717) is 12.5 Å². The molecule has 1 N–H and O–H groups in total. The van der Waals surface area contributed by atoms with Crippen LogP contribution in [0.15, 0.2) is 0 Å². The molecule has 0 radical (unpaired) electrons. The lowest BCUT2D eigenvalue weighted by molar-refractivity contribution is 0.0660. The number of rotatable bonds is 1. The van der Waals surface area contributed by atoms with E-state index in [0.717, 1.165) is 31.7 Å². The summed E-state index contributed by atoms with van der Waals surface area (Å²) in [6.45, 7) is 3.77. The topological polar surface area (TPSA) is 12.0 Å². The lowest BCUT2D eigenvalue weighted by atomic mass is 9.74. The van der Waals surface area contributed by atoms with Gasteiger partial charge in [0.25, 0.3) is 0 Å². The highest BCUT2D eigenvalue weighted by atomic mass is 19.1. The fourth-order valence-electron chi connectivity index (χ4n) is 2.81. The van der Waals surface area contributed by atoms with Gasteiger partial charge in [0, 0.05) is 6.54 Å². The van der Waals surface area contributed by atoms with Crippen molar-refractivity contribution in [2.45, 2.75) is 44.7 Å². The van der Waals surface area contributed by atoms with E-state index >= 15 is 0 Å². The minimum absolute atomic E-state index is 0.346. The van der Waals surface area contributed by atoms with Crippen LogP contribution in [0, 0.1) is 11.8 Å². The minimum atomic E-state index is -0.861. The molecular formula is C11H20FN. The number of halogens is 1. The third-order valence-electron chi connectivity index (χ3n) is 3.88. The molecule has 1 heterocycles. The first-order valence-electron chi connectivity index (χ1n) is 5.60. The first-order valence-corrected chi connectivity index (χ1v) is 5.60. The minimum Gasteiger partial charge on any atom is -0.313 e. The fourth-order valence-corrected chi connectivity index (χ4v) is 2.81. The molecule has 1 saturated carbocycles. The summed E-state index contributed by atoms with van der Waals surface area (Å²) >= 11 is 0. The molecule has 2 rings (SSSR count). The molecule has 76 valence electrons. The Balaban J connectivity index is 1.93. The van der Waals surface area contributed by atoms with Crippen LogP contribution in [0.2, 0.25) is 0 Å². The molecule has 0 spiro atoms. The Morgan fingerprint density at radius 3 is 2.46 bits per heavy atom. The molecule has 0 aromatic rings. The predicted octanol–water partition coefficient (Wildman–Crippen LogP) is 2.51. The third kappa shape index (κ3) is 1.88. The molecule has 1 aliphatic heterocycles. The largest absolute Gasteiger partial charge is 0.313 e. The number of nitrogens with one attached hydrogen (secondary N) is 1. The smallest absolute Gasteiger partial charge is 0.127 e. The number of hydrogen-bond acceptors (Lipinski definition) is 1. The fraction of sp³-hybridized carbons (Fsp3) is 1.00. The van der Waals surface area contributed by atoms with Crippen molar-refractivity contribution in [3.63, 3.8) is 0 Å². The summed E-state index contributed by atoms with van der Waals surface area (Å²) in [6.07, 6.45) is 5.43. The zero-order chi connectivity index (χ0) is 9.31. The van der Waals surface area contributed by atoms with Gasteiger partial charge >= 0.3 is 0 Å². The quantitative estimate of drug-likeness (QED) is 0.662. The van der Waals surface area contributed by atoms with E-state index in [1.807, 2.05) is 0 Å². The highest BCUT2D eigenvalue weighted by Gasteiger charge is 2.42. The molecule has 0 amide bonds. The molecule has 2 heteroatoms. The van der Waals surface area contributed by atoms with Crippen LogP contribution in [0.3, 0.4) is 0 Å². The Hall–Kier alpha value is -0.110. The normalized spacial score (nSPS) is 46.6. The average Bonchev–Trinajstić information content (AvgIpc) is 2.54. The Morgan fingerprint density at radius 2 is 1.92 bits per heavy atom. The predicted molar refractivity (Wildman–Crippen MR) is 52.4 cm³/mol. The van der Waals surface area contributed by atoms with E-state index in [9.17, 15) is 4.39 Å². The van der Waals surface area contributed by atoms with Crippen LogP contribution in [0.4, 0.5) is 4.39 Å². The second kappa shape index (κ2) is 3.56. The Labute approximate surface area is 80.1 Å². The van der Waals surface area contributed by atoms with Gasteiger partial charge < -0.3 is 5.32 Å². The molecular weight excluding hydrogens is 165 g/mol. The third-order valence-corrected chi connectivity index (χ3v) is 3.88. The van der Waals surface area contributed by atoms with Gasteiger partial charge in [0.15, 0.2) is 0 Å². The van der Waals surface area contributed by atoms with Crippen LogP contribution in [-0.2, 0) is 0 Å². The second-order valence-electron chi connectivity index (χ2n) is 4.92. The second-order valence-corrected chi connectivity index (χ2v) is 4.92. The van der Waals surface area contributed by atoms with Gasteiger partial charge in [0.05, 0.1) is 0 Å². The van der Waals surface area contributed by atoms with Crippen LogP contribution < -0.4 is 5.32 Å². The molecule has 13 heavy (non-hydrogen) atoms. The lowest BCUT2D eigenvalue weighted by Gasteiger charge is -2.34. The van der Waals surface area contributed by atoms with E-state index in [2.05, 4.69) is 12.2 Å². The van der Waals surface area contributed by atoms with Crippen LogP contribution in [-0.4, -0.2) is 18.8 Å². The molecule has 1 aliphatic carbocycles. The van der Waals surface area contributed by atoms with Gasteiger partial charge in [-0.15, -0.1) is 0 Å². The Morgan fingerprint density at radius 1 is 1.23 bits per heavy atom. The van der Waals surface area contributed by atoms with E-state index in [-0.39, 0.29) is 0 Å². The first kappa shape index (κ1) is 9.45. The maximum absolute atomic E-state index is 14.3. The van der Waals surface area contributed by atoms with Gasteiger partial charge in [-0.2, -0.15) is 0 Å². The van der Waals surface area contributed by atoms with E-state index < -0.39 is 5.67 Å². The average molecular weight is 185 g/mol. The lowest BCUT2D eigenvalue weighted by Crippen LogP contribution is -2.37. The molecule has 1 atom stereocenters. The van der Waals surface area contributed by atoms with Crippen molar-refractivity contribution in [1.82, 2.24) is 5.32 Å². The van der Waals surface area contributed by atoms with E-state index in [1.54, 1.807) is 0 Å². The molecule has 0 aromatic carbocycles. The number of hydrogen-bond donors (Lipinski definition) is 1. The highest BCUT2D eigenvalue weighted by molar-refractivity contribution is 4.95. The van der Waals surface area contributed by atoms with Crippen molar-refractivity contribution in [1.29, 1.82) is 0 Å². The summed E-state index contributed by atoms with van der Waals surface area (Å²) in [4.78, 5) is 0. The van der Waals surface area contributed by atoms with Crippen molar-refractivity contribution in [3.05, 3.63) is 0 Å². The van der Waals surface area contributed by atoms with Crippen LogP contribution >= 0.6 is 0 Å². The maximum atomic E-state index is 14.3. The molecule has 1 unspecified atom stereocenters. The highest BCUT2D eigenvalue weighted by Crippen LogP contribution is 2.40. The van der Waals surface area contributed by atoms with Crippen molar-refractivity contribution in [2.24, 2.45) is 11.8 Å². The van der Waals surface area contributed by atoms with Gasteiger partial charge in [-0.3, -0.25) is 0 Å². The molecule has 1 nitrogen and oxygen atoms in total. The molecule has 2 aliphatic rings. The summed E-state index contributed by atoms with van der Waals surface area (Å²) in [5, 5.41) is 3.15. The SMILES string of the molecule is CC1CCC(C2(F)CCNC2)CC1. The van der Waals surface area contributed by atoms with Crippen molar-refractivity contribution in [3.8, 4) is 0 Å². The summed E-state index contributed by atoms with van der Waals surface area (Å²) < 4.78 is 14.3. The molecule has 0 aromatic heterocycles. The Bertz CT molecular complexity index is 167. The van der Waals surface area contributed by atoms with Crippen LogP contribution in [0.1, 0.15) is 39.0 Å². The van der Waals surface area contributed by atoms with Crippen molar-refractivity contribution < 1.29 is 4.39 Å². The zero-order valence-electron chi connectivity index (χ0n) is 8.48. The van der Waals surface area contributed by atoms with Crippen molar-refractivity contribution in [2.75, 3.05) is 13.1 Å². The molecule has 2 fully saturated rings. The van der Waals surface area contributed by atoms with E-state index in [4.69, 9.17) is 0 Å². The molecule has 1 saturated heterocycles. The summed E-state index contributed by atoms with van der Waals surface area (Å²) in [5.41, 5.74) is -0.861. The van der Waals surface area contributed by atoms with Crippen LogP contribution in [0.5, 0.6) is 0 Å². The number of alkyl halides is 1. The molecule has 0 bridgehead atoms. The first-order chi connectivity index (χ1) is 6.21. The van der Waals surface area contributed by atoms with Gasteiger partial charge in [-0.1, -0.05) is 19.8 Å². The monoisotopic (exact) mass is 185 g/mol. The standard InChI is InChI=1S/C11H20FN/c1-9-2-4-10(5-3-9)11(12)6-7-13-8-11/h9-10,13H,2-8H2,1H3. The Kier molecular flexibility index (Phi) is 2.59. The summed E-state index contributed by atoms with van der Waals surface area (Å²) in [7, 11) is 0. The maximum Gasteiger partial charge on any atom is 0.127 e. The van der Waals surface area contributed by atoms with Gasteiger partial charge in [0.1, 0.15) is 5.67 Å². The van der Waals surface area contributed by atoms with Gasteiger partial charge in [0.2, 0.25) is 0 Å². The zero-order valence-corrected chi connectivity index (χ0v) is 8.48. The van der Waals surface area contributed by atoms with Crippen LogP contribution in [0.25, 0.3) is 0 Å². The van der Waals surface area contributed by atoms with E-state index in [1.165, 1.54) is 12.8 Å².